The van der Waals surface area contributed by atoms with E-state index in [1.807, 2.05) is 0 Å². The zero-order valence-electron chi connectivity index (χ0n) is 14.1. The number of ether oxygens (including phenoxy) is 4. The SMILES string of the molecule is COC(=O)C1CC2=C(CC(OC)=CC=C2OC)C(C(=O)OC)C1=O. The van der Waals surface area contributed by atoms with E-state index in [1.54, 1.807) is 12.2 Å². The van der Waals surface area contributed by atoms with Crippen LogP contribution in [0, 0.1) is 11.8 Å². The van der Waals surface area contributed by atoms with E-state index in [0.29, 0.717) is 22.7 Å². The monoisotopic (exact) mass is 336 g/mol. The summed E-state index contributed by atoms with van der Waals surface area (Å²) in [5, 5.41) is 0. The summed E-state index contributed by atoms with van der Waals surface area (Å²) in [4.78, 5) is 37.0. The lowest BCUT2D eigenvalue weighted by Gasteiger charge is -2.30. The third-order valence-electron chi connectivity index (χ3n) is 4.26. The van der Waals surface area contributed by atoms with Gasteiger partial charge in [-0.25, -0.2) is 0 Å². The largest absolute Gasteiger partial charge is 0.501 e. The van der Waals surface area contributed by atoms with Crippen LogP contribution in [0.4, 0.5) is 0 Å². The zero-order chi connectivity index (χ0) is 17.9. The van der Waals surface area contributed by atoms with Crippen LogP contribution in [0.1, 0.15) is 12.8 Å². The first-order valence-electron chi connectivity index (χ1n) is 7.38. The van der Waals surface area contributed by atoms with Crippen molar-refractivity contribution in [2.24, 2.45) is 11.8 Å². The van der Waals surface area contributed by atoms with E-state index < -0.39 is 29.6 Å². The second kappa shape index (κ2) is 7.33. The van der Waals surface area contributed by atoms with Gasteiger partial charge in [0.05, 0.1) is 34.2 Å². The third kappa shape index (κ3) is 3.06. The Morgan fingerprint density at radius 2 is 1.67 bits per heavy atom. The lowest BCUT2D eigenvalue weighted by Crippen LogP contribution is -2.41. The van der Waals surface area contributed by atoms with E-state index in [9.17, 15) is 14.4 Å². The Morgan fingerprint density at radius 1 is 1.00 bits per heavy atom. The van der Waals surface area contributed by atoms with Gasteiger partial charge in [-0.05, 0) is 29.7 Å². The van der Waals surface area contributed by atoms with Gasteiger partial charge in [0.25, 0.3) is 0 Å². The molecule has 0 fully saturated rings. The summed E-state index contributed by atoms with van der Waals surface area (Å²) in [6.45, 7) is 0. The molecule has 0 aromatic carbocycles. The van der Waals surface area contributed by atoms with Gasteiger partial charge in [-0.1, -0.05) is 0 Å². The molecule has 0 radical (unpaired) electrons. The predicted octanol–water partition coefficient (Wildman–Crippen LogP) is 1.30. The van der Waals surface area contributed by atoms with E-state index in [1.165, 1.54) is 28.4 Å². The lowest BCUT2D eigenvalue weighted by atomic mass is 9.74. The summed E-state index contributed by atoms with van der Waals surface area (Å²) < 4.78 is 20.2. The van der Waals surface area contributed by atoms with Crippen molar-refractivity contribution in [3.05, 3.63) is 34.8 Å². The summed E-state index contributed by atoms with van der Waals surface area (Å²) in [6.07, 6.45) is 3.77. The molecule has 0 aliphatic heterocycles. The van der Waals surface area contributed by atoms with Gasteiger partial charge >= 0.3 is 11.9 Å². The maximum Gasteiger partial charge on any atom is 0.320 e. The molecule has 2 aliphatic rings. The normalized spacial score (nSPS) is 23.4. The van der Waals surface area contributed by atoms with Gasteiger partial charge in [0.15, 0.2) is 5.78 Å². The molecule has 2 rings (SSSR count). The van der Waals surface area contributed by atoms with Crippen LogP contribution in [-0.2, 0) is 33.3 Å². The molecule has 0 N–H and O–H groups in total. The number of rotatable bonds is 4. The Bertz CT molecular complexity index is 654. The average molecular weight is 336 g/mol. The Morgan fingerprint density at radius 3 is 2.21 bits per heavy atom. The van der Waals surface area contributed by atoms with Crippen molar-refractivity contribution >= 4 is 17.7 Å². The van der Waals surface area contributed by atoms with Gasteiger partial charge in [0, 0.05) is 6.42 Å². The molecule has 0 spiro atoms. The van der Waals surface area contributed by atoms with Crippen LogP contribution in [-0.4, -0.2) is 46.2 Å². The van der Waals surface area contributed by atoms with E-state index in [4.69, 9.17) is 18.9 Å². The molecule has 0 bridgehead atoms. The molecule has 0 amide bonds. The van der Waals surface area contributed by atoms with Crippen LogP contribution in [0.25, 0.3) is 0 Å². The minimum absolute atomic E-state index is 0.110. The zero-order valence-corrected chi connectivity index (χ0v) is 14.1. The van der Waals surface area contributed by atoms with Crippen molar-refractivity contribution < 1.29 is 33.3 Å². The highest BCUT2D eigenvalue weighted by molar-refractivity contribution is 6.11. The number of ketones is 1. The van der Waals surface area contributed by atoms with Gasteiger partial charge in [-0.15, -0.1) is 0 Å². The maximum atomic E-state index is 12.7. The lowest BCUT2D eigenvalue weighted by molar-refractivity contribution is -0.154. The fourth-order valence-electron chi connectivity index (χ4n) is 3.02. The van der Waals surface area contributed by atoms with Crippen molar-refractivity contribution in [1.82, 2.24) is 0 Å². The predicted molar refractivity (Wildman–Crippen MR) is 82.5 cm³/mol. The van der Waals surface area contributed by atoms with E-state index in [2.05, 4.69) is 0 Å². The number of carbonyl (C=O) groups is 3. The summed E-state index contributed by atoms with van der Waals surface area (Å²) in [7, 11) is 5.40. The van der Waals surface area contributed by atoms with Crippen LogP contribution in [0.5, 0.6) is 0 Å². The van der Waals surface area contributed by atoms with Crippen molar-refractivity contribution in [3.8, 4) is 0 Å². The second-order valence-corrected chi connectivity index (χ2v) is 5.39. The highest BCUT2D eigenvalue weighted by atomic mass is 16.5. The highest BCUT2D eigenvalue weighted by Gasteiger charge is 2.46. The van der Waals surface area contributed by atoms with E-state index >= 15 is 0 Å². The number of esters is 2. The molecule has 130 valence electrons. The standard InChI is InChI=1S/C17H20O7/c1-21-9-5-6-13(22-2)10-8-12(16(19)23-3)15(18)14(11(10)7-9)17(20)24-4/h5-6,12,14H,7-8H2,1-4H3. The van der Waals surface area contributed by atoms with Crippen molar-refractivity contribution in [1.29, 1.82) is 0 Å². The molecule has 0 aromatic heterocycles. The van der Waals surface area contributed by atoms with E-state index in [-0.39, 0.29) is 12.8 Å². The molecule has 7 heteroatoms. The molecule has 0 heterocycles. The van der Waals surface area contributed by atoms with Crippen molar-refractivity contribution in [2.75, 3.05) is 28.4 Å². The fraction of sp³-hybridized carbons (Fsp3) is 0.471. The maximum absolute atomic E-state index is 12.7. The van der Waals surface area contributed by atoms with Crippen molar-refractivity contribution in [3.63, 3.8) is 0 Å². The second-order valence-electron chi connectivity index (χ2n) is 5.39. The molecule has 2 unspecified atom stereocenters. The van der Waals surface area contributed by atoms with Crippen molar-refractivity contribution in [2.45, 2.75) is 12.8 Å². The molecular weight excluding hydrogens is 316 g/mol. The van der Waals surface area contributed by atoms with Crippen LogP contribution < -0.4 is 0 Å². The van der Waals surface area contributed by atoms with Gasteiger partial charge < -0.3 is 18.9 Å². The minimum atomic E-state index is -1.18. The molecule has 7 nitrogen and oxygen atoms in total. The Hall–Kier alpha value is -2.57. The summed E-state index contributed by atoms with van der Waals surface area (Å²) in [6, 6.07) is 0. The molecule has 2 atom stereocenters. The highest BCUT2D eigenvalue weighted by Crippen LogP contribution is 2.41. The number of hydrogen-bond donors (Lipinski definition) is 0. The van der Waals surface area contributed by atoms with Crippen LogP contribution in [0.2, 0.25) is 0 Å². The quantitative estimate of drug-likeness (QED) is 0.565. The van der Waals surface area contributed by atoms with E-state index in [0.717, 1.165) is 0 Å². The van der Waals surface area contributed by atoms with Crippen LogP contribution >= 0.6 is 0 Å². The number of Topliss-reactive ketones (excluding diaryl/α,β-unsaturated/α-hetero) is 1. The third-order valence-corrected chi connectivity index (χ3v) is 4.26. The molecule has 0 aromatic rings. The molecule has 0 saturated carbocycles. The average Bonchev–Trinajstić information content (AvgIpc) is 2.78. The summed E-state index contributed by atoms with van der Waals surface area (Å²) in [5.41, 5.74) is 1.16. The number of allylic oxidation sites excluding steroid dienone is 4. The molecule has 0 saturated heterocycles. The van der Waals surface area contributed by atoms with Gasteiger partial charge in [-0.2, -0.15) is 0 Å². The first-order chi connectivity index (χ1) is 11.5. The smallest absolute Gasteiger partial charge is 0.320 e. The fourth-order valence-corrected chi connectivity index (χ4v) is 3.02. The number of carbonyl (C=O) groups excluding carboxylic acids is 3. The van der Waals surface area contributed by atoms with Crippen LogP contribution in [0.15, 0.2) is 34.8 Å². The number of hydrogen-bond acceptors (Lipinski definition) is 7. The molecule has 24 heavy (non-hydrogen) atoms. The first-order valence-corrected chi connectivity index (χ1v) is 7.38. The summed E-state index contributed by atoms with van der Waals surface area (Å²) in [5.74, 6) is -3.12. The number of methoxy groups -OCH3 is 4. The first kappa shape index (κ1) is 17.8. The summed E-state index contributed by atoms with van der Waals surface area (Å²) >= 11 is 0. The van der Waals surface area contributed by atoms with Gasteiger partial charge in [0.2, 0.25) is 0 Å². The Balaban J connectivity index is 2.60. The van der Waals surface area contributed by atoms with Gasteiger partial charge in [0.1, 0.15) is 17.6 Å². The van der Waals surface area contributed by atoms with Crippen LogP contribution in [0.3, 0.4) is 0 Å². The van der Waals surface area contributed by atoms with Gasteiger partial charge in [-0.3, -0.25) is 14.4 Å². The molecule has 2 aliphatic carbocycles. The molecular formula is C17H20O7. The topological polar surface area (TPSA) is 88.1 Å². The Kier molecular flexibility index (Phi) is 5.43. The minimum Gasteiger partial charge on any atom is -0.501 e. The Labute approximate surface area is 139 Å².